The molecular formula is C11H20N4O. The predicted octanol–water partition coefficient (Wildman–Crippen LogP) is 1.39. The maximum absolute atomic E-state index is 5.74. The molecule has 0 aromatic carbocycles. The molecule has 5 heteroatoms. The zero-order valence-corrected chi connectivity index (χ0v) is 9.85. The third-order valence-corrected chi connectivity index (χ3v) is 2.95. The van der Waals surface area contributed by atoms with Gasteiger partial charge in [0.25, 0.3) is 0 Å². The van der Waals surface area contributed by atoms with Crippen LogP contribution in [0.15, 0.2) is 0 Å². The van der Waals surface area contributed by atoms with Crippen molar-refractivity contribution < 1.29 is 4.74 Å². The summed E-state index contributed by atoms with van der Waals surface area (Å²) in [6, 6.07) is 0. The van der Waals surface area contributed by atoms with Crippen LogP contribution in [0.5, 0.6) is 0 Å². The molecule has 0 radical (unpaired) electrons. The molecule has 1 aliphatic heterocycles. The molecule has 1 aromatic heterocycles. The first-order chi connectivity index (χ1) is 7.86. The van der Waals surface area contributed by atoms with Gasteiger partial charge in [0.05, 0.1) is 6.54 Å². The lowest BCUT2D eigenvalue weighted by atomic mass is 10.1. The topological polar surface area (TPSA) is 66.0 Å². The minimum atomic E-state index is 0.119. The van der Waals surface area contributed by atoms with Crippen molar-refractivity contribution in [2.45, 2.75) is 51.8 Å². The quantitative estimate of drug-likeness (QED) is 0.839. The second-order valence-corrected chi connectivity index (χ2v) is 4.19. The summed E-state index contributed by atoms with van der Waals surface area (Å²) in [5.74, 6) is 1.83. The number of hydrogen-bond acceptors (Lipinski definition) is 4. The number of nitrogens with zero attached hydrogens (tertiary/aromatic N) is 3. The fourth-order valence-electron chi connectivity index (χ4n) is 2.15. The largest absolute Gasteiger partial charge is 0.370 e. The highest BCUT2D eigenvalue weighted by molar-refractivity contribution is 5.00. The van der Waals surface area contributed by atoms with Crippen LogP contribution in [0, 0.1) is 0 Å². The van der Waals surface area contributed by atoms with Crippen LogP contribution in [-0.4, -0.2) is 21.4 Å². The SMILES string of the molecule is CCCn1c(CN)nnc1C1CCCCO1. The van der Waals surface area contributed by atoms with Crippen molar-refractivity contribution in [3.63, 3.8) is 0 Å². The van der Waals surface area contributed by atoms with Gasteiger partial charge in [0.1, 0.15) is 11.9 Å². The van der Waals surface area contributed by atoms with Gasteiger partial charge >= 0.3 is 0 Å². The van der Waals surface area contributed by atoms with Crippen LogP contribution in [0.3, 0.4) is 0 Å². The van der Waals surface area contributed by atoms with Crippen molar-refractivity contribution in [3.05, 3.63) is 11.6 Å². The van der Waals surface area contributed by atoms with Crippen molar-refractivity contribution in [3.8, 4) is 0 Å². The van der Waals surface area contributed by atoms with Gasteiger partial charge in [-0.3, -0.25) is 0 Å². The lowest BCUT2D eigenvalue weighted by molar-refractivity contribution is 0.00700. The Labute approximate surface area is 96.0 Å². The third kappa shape index (κ3) is 2.25. The van der Waals surface area contributed by atoms with Crippen LogP contribution in [0.4, 0.5) is 0 Å². The fourth-order valence-corrected chi connectivity index (χ4v) is 2.15. The van der Waals surface area contributed by atoms with Crippen molar-refractivity contribution in [2.24, 2.45) is 5.73 Å². The Morgan fingerprint density at radius 3 is 2.94 bits per heavy atom. The normalized spacial score (nSPS) is 21.2. The Morgan fingerprint density at radius 1 is 1.44 bits per heavy atom. The number of ether oxygens (including phenoxy) is 1. The summed E-state index contributed by atoms with van der Waals surface area (Å²) in [4.78, 5) is 0. The number of rotatable bonds is 4. The molecule has 0 aliphatic carbocycles. The first-order valence-corrected chi connectivity index (χ1v) is 6.10. The number of nitrogens with two attached hydrogens (primary N) is 1. The molecule has 2 heterocycles. The van der Waals surface area contributed by atoms with Gasteiger partial charge in [-0.15, -0.1) is 10.2 Å². The van der Waals surface area contributed by atoms with E-state index in [0.717, 1.165) is 44.1 Å². The molecule has 0 bridgehead atoms. The minimum Gasteiger partial charge on any atom is -0.370 e. The smallest absolute Gasteiger partial charge is 0.162 e. The van der Waals surface area contributed by atoms with E-state index in [1.165, 1.54) is 6.42 Å². The average molecular weight is 224 g/mol. The molecule has 0 amide bonds. The summed E-state index contributed by atoms with van der Waals surface area (Å²) in [7, 11) is 0. The van der Waals surface area contributed by atoms with Gasteiger partial charge in [0.15, 0.2) is 5.82 Å². The van der Waals surface area contributed by atoms with Crippen LogP contribution in [0.2, 0.25) is 0 Å². The average Bonchev–Trinajstić information content (AvgIpc) is 2.74. The van der Waals surface area contributed by atoms with Gasteiger partial charge < -0.3 is 15.0 Å². The monoisotopic (exact) mass is 224 g/mol. The summed E-state index contributed by atoms with van der Waals surface area (Å²) in [6.45, 7) is 4.35. The molecule has 16 heavy (non-hydrogen) atoms. The van der Waals surface area contributed by atoms with Gasteiger partial charge in [-0.05, 0) is 25.7 Å². The van der Waals surface area contributed by atoms with E-state index in [9.17, 15) is 0 Å². The van der Waals surface area contributed by atoms with E-state index < -0.39 is 0 Å². The van der Waals surface area contributed by atoms with E-state index in [2.05, 4.69) is 21.7 Å². The summed E-state index contributed by atoms with van der Waals surface area (Å²) in [6.07, 6.45) is 4.59. The Balaban J connectivity index is 2.20. The van der Waals surface area contributed by atoms with Crippen LogP contribution < -0.4 is 5.73 Å². The molecule has 0 spiro atoms. The van der Waals surface area contributed by atoms with Gasteiger partial charge in [-0.25, -0.2) is 0 Å². The number of hydrogen-bond donors (Lipinski definition) is 1. The zero-order valence-electron chi connectivity index (χ0n) is 9.85. The van der Waals surface area contributed by atoms with Crippen LogP contribution >= 0.6 is 0 Å². The maximum Gasteiger partial charge on any atom is 0.162 e. The van der Waals surface area contributed by atoms with Crippen molar-refractivity contribution in [1.82, 2.24) is 14.8 Å². The van der Waals surface area contributed by atoms with Gasteiger partial charge in [-0.2, -0.15) is 0 Å². The minimum absolute atomic E-state index is 0.119. The van der Waals surface area contributed by atoms with Crippen molar-refractivity contribution >= 4 is 0 Å². The number of aromatic nitrogens is 3. The van der Waals surface area contributed by atoms with Gasteiger partial charge in [-0.1, -0.05) is 6.92 Å². The highest BCUT2D eigenvalue weighted by Gasteiger charge is 2.23. The van der Waals surface area contributed by atoms with E-state index in [-0.39, 0.29) is 6.10 Å². The molecule has 0 saturated carbocycles. The predicted molar refractivity (Wildman–Crippen MR) is 60.7 cm³/mol. The standard InChI is InChI=1S/C11H20N4O/c1-2-6-15-10(8-12)13-14-11(15)9-5-3-4-7-16-9/h9H,2-8,12H2,1H3. The molecule has 1 unspecified atom stereocenters. The molecule has 1 aromatic rings. The molecule has 2 N–H and O–H groups in total. The van der Waals surface area contributed by atoms with E-state index in [0.29, 0.717) is 6.54 Å². The van der Waals surface area contributed by atoms with Crippen LogP contribution in [0.25, 0.3) is 0 Å². The molecule has 1 saturated heterocycles. The summed E-state index contributed by atoms with van der Waals surface area (Å²) < 4.78 is 7.87. The summed E-state index contributed by atoms with van der Waals surface area (Å²) >= 11 is 0. The Morgan fingerprint density at radius 2 is 2.31 bits per heavy atom. The second-order valence-electron chi connectivity index (χ2n) is 4.19. The summed E-state index contributed by atoms with van der Waals surface area (Å²) in [5, 5.41) is 8.37. The molecule has 2 rings (SSSR count). The lowest BCUT2D eigenvalue weighted by Gasteiger charge is -2.22. The lowest BCUT2D eigenvalue weighted by Crippen LogP contribution is -2.18. The van der Waals surface area contributed by atoms with Crippen LogP contribution in [-0.2, 0) is 17.8 Å². The van der Waals surface area contributed by atoms with Gasteiger partial charge in [0.2, 0.25) is 0 Å². The van der Waals surface area contributed by atoms with E-state index in [1.807, 2.05) is 0 Å². The van der Waals surface area contributed by atoms with Crippen LogP contribution in [0.1, 0.15) is 50.4 Å². The first kappa shape index (κ1) is 11.5. The highest BCUT2D eigenvalue weighted by Crippen LogP contribution is 2.27. The molecule has 5 nitrogen and oxygen atoms in total. The highest BCUT2D eigenvalue weighted by atomic mass is 16.5. The second kappa shape index (κ2) is 5.41. The van der Waals surface area contributed by atoms with Crippen molar-refractivity contribution in [1.29, 1.82) is 0 Å². The first-order valence-electron chi connectivity index (χ1n) is 6.10. The molecule has 90 valence electrons. The van der Waals surface area contributed by atoms with Crippen molar-refractivity contribution in [2.75, 3.05) is 6.61 Å². The zero-order chi connectivity index (χ0) is 11.4. The van der Waals surface area contributed by atoms with Gasteiger partial charge in [0, 0.05) is 13.2 Å². The maximum atomic E-state index is 5.74. The Kier molecular flexibility index (Phi) is 3.90. The molecule has 1 fully saturated rings. The van der Waals surface area contributed by atoms with E-state index in [4.69, 9.17) is 10.5 Å². The Bertz CT molecular complexity index is 331. The third-order valence-electron chi connectivity index (χ3n) is 2.95. The summed E-state index contributed by atoms with van der Waals surface area (Å²) in [5.41, 5.74) is 5.66. The fraction of sp³-hybridized carbons (Fsp3) is 0.818. The Hall–Kier alpha value is -0.940. The van der Waals surface area contributed by atoms with E-state index >= 15 is 0 Å². The molecule has 1 atom stereocenters. The molecule has 1 aliphatic rings. The van der Waals surface area contributed by atoms with E-state index in [1.54, 1.807) is 0 Å². The molecular weight excluding hydrogens is 204 g/mol.